The van der Waals surface area contributed by atoms with Crippen molar-refractivity contribution in [2.45, 2.75) is 26.3 Å². The van der Waals surface area contributed by atoms with Gasteiger partial charge in [0.05, 0.1) is 0 Å². The molecule has 0 bridgehead atoms. The maximum atomic E-state index is 5.12. The summed E-state index contributed by atoms with van der Waals surface area (Å²) in [6.45, 7) is 5.03. The van der Waals surface area contributed by atoms with Gasteiger partial charge in [-0.2, -0.15) is 0 Å². The number of hydrogen-bond donors (Lipinski definition) is 2. The van der Waals surface area contributed by atoms with E-state index in [2.05, 4.69) is 48.7 Å². The molecule has 0 aromatic heterocycles. The summed E-state index contributed by atoms with van der Waals surface area (Å²) in [7, 11) is 0. The van der Waals surface area contributed by atoms with E-state index < -0.39 is 0 Å². The van der Waals surface area contributed by atoms with Crippen LogP contribution in [0.1, 0.15) is 19.4 Å². The van der Waals surface area contributed by atoms with Gasteiger partial charge in [0.2, 0.25) is 0 Å². The highest BCUT2D eigenvalue weighted by Gasteiger charge is 1.97. The highest BCUT2D eigenvalue weighted by molar-refractivity contribution is 7.80. The molecule has 0 radical (unpaired) electrons. The lowest BCUT2D eigenvalue weighted by atomic mass is 10.1. The van der Waals surface area contributed by atoms with Gasteiger partial charge in [-0.15, -0.1) is 0 Å². The SMILES string of the molecule is CC(C)NC(=S)NCCc1ccccc1. The zero-order valence-electron chi connectivity index (χ0n) is 9.29. The predicted molar refractivity (Wildman–Crippen MR) is 69.0 cm³/mol. The summed E-state index contributed by atoms with van der Waals surface area (Å²) in [5.74, 6) is 0. The molecule has 0 heterocycles. The quantitative estimate of drug-likeness (QED) is 0.763. The number of thiocarbonyl (C=S) groups is 1. The van der Waals surface area contributed by atoms with Crippen molar-refractivity contribution in [2.75, 3.05) is 6.54 Å². The van der Waals surface area contributed by atoms with Crippen molar-refractivity contribution < 1.29 is 0 Å². The van der Waals surface area contributed by atoms with E-state index in [9.17, 15) is 0 Å². The zero-order valence-corrected chi connectivity index (χ0v) is 10.1. The molecule has 0 aliphatic heterocycles. The van der Waals surface area contributed by atoms with Crippen molar-refractivity contribution in [1.82, 2.24) is 10.6 Å². The van der Waals surface area contributed by atoms with Crippen LogP contribution >= 0.6 is 12.2 Å². The van der Waals surface area contributed by atoms with E-state index in [1.54, 1.807) is 0 Å². The highest BCUT2D eigenvalue weighted by atomic mass is 32.1. The molecule has 82 valence electrons. The molecule has 0 aliphatic rings. The molecule has 0 unspecified atom stereocenters. The van der Waals surface area contributed by atoms with Gasteiger partial charge in [0, 0.05) is 12.6 Å². The number of hydrogen-bond acceptors (Lipinski definition) is 1. The molecule has 0 saturated carbocycles. The Morgan fingerprint density at radius 1 is 1.27 bits per heavy atom. The van der Waals surface area contributed by atoms with Crippen molar-refractivity contribution in [1.29, 1.82) is 0 Å². The van der Waals surface area contributed by atoms with E-state index in [-0.39, 0.29) is 0 Å². The first-order chi connectivity index (χ1) is 7.18. The first kappa shape index (κ1) is 12.0. The molecule has 1 aromatic carbocycles. The van der Waals surface area contributed by atoms with E-state index in [1.807, 2.05) is 6.07 Å². The Morgan fingerprint density at radius 3 is 2.53 bits per heavy atom. The molecule has 0 amide bonds. The largest absolute Gasteiger partial charge is 0.362 e. The first-order valence-corrected chi connectivity index (χ1v) is 5.67. The predicted octanol–water partition coefficient (Wildman–Crippen LogP) is 2.10. The summed E-state index contributed by atoms with van der Waals surface area (Å²) in [6.07, 6.45) is 1.00. The lowest BCUT2D eigenvalue weighted by Gasteiger charge is -2.12. The minimum absolute atomic E-state index is 0.390. The second-order valence-corrected chi connectivity index (χ2v) is 4.20. The Balaban J connectivity index is 2.19. The van der Waals surface area contributed by atoms with Gasteiger partial charge in [0.1, 0.15) is 0 Å². The summed E-state index contributed by atoms with van der Waals surface area (Å²) < 4.78 is 0. The van der Waals surface area contributed by atoms with Gasteiger partial charge in [0.15, 0.2) is 5.11 Å². The summed E-state index contributed by atoms with van der Waals surface area (Å²) in [4.78, 5) is 0. The van der Waals surface area contributed by atoms with Gasteiger partial charge >= 0.3 is 0 Å². The Kier molecular flexibility index (Phi) is 5.12. The molecule has 3 heteroatoms. The normalized spacial score (nSPS) is 10.1. The Morgan fingerprint density at radius 2 is 1.93 bits per heavy atom. The highest BCUT2D eigenvalue weighted by Crippen LogP contribution is 1.97. The monoisotopic (exact) mass is 222 g/mol. The summed E-state index contributed by atoms with van der Waals surface area (Å²) >= 11 is 5.12. The average molecular weight is 222 g/mol. The number of nitrogens with one attached hydrogen (secondary N) is 2. The minimum atomic E-state index is 0.390. The smallest absolute Gasteiger partial charge is 0.166 e. The average Bonchev–Trinajstić information content (AvgIpc) is 2.18. The van der Waals surface area contributed by atoms with Crippen molar-refractivity contribution in [3.63, 3.8) is 0 Å². The Hall–Kier alpha value is -1.09. The van der Waals surface area contributed by atoms with Gasteiger partial charge < -0.3 is 10.6 Å². The molecular weight excluding hydrogens is 204 g/mol. The summed E-state index contributed by atoms with van der Waals surface area (Å²) in [5, 5.41) is 7.07. The summed E-state index contributed by atoms with van der Waals surface area (Å²) in [6, 6.07) is 10.8. The number of rotatable bonds is 4. The molecule has 0 fully saturated rings. The van der Waals surface area contributed by atoms with E-state index in [0.29, 0.717) is 6.04 Å². The van der Waals surface area contributed by atoms with Crippen LogP contribution in [0.5, 0.6) is 0 Å². The Bertz CT molecular complexity index is 296. The van der Waals surface area contributed by atoms with Crippen molar-refractivity contribution in [3.05, 3.63) is 35.9 Å². The van der Waals surface area contributed by atoms with Crippen LogP contribution in [0.2, 0.25) is 0 Å². The van der Waals surface area contributed by atoms with Crippen LogP contribution in [0.15, 0.2) is 30.3 Å². The van der Waals surface area contributed by atoms with Crippen LogP contribution in [0, 0.1) is 0 Å². The van der Waals surface area contributed by atoms with Gasteiger partial charge in [0.25, 0.3) is 0 Å². The maximum absolute atomic E-state index is 5.12. The van der Waals surface area contributed by atoms with Gasteiger partial charge in [-0.3, -0.25) is 0 Å². The van der Waals surface area contributed by atoms with Crippen molar-refractivity contribution in [3.8, 4) is 0 Å². The molecule has 0 spiro atoms. The van der Waals surface area contributed by atoms with Gasteiger partial charge in [-0.05, 0) is 38.0 Å². The minimum Gasteiger partial charge on any atom is -0.362 e. The molecule has 2 nitrogen and oxygen atoms in total. The van der Waals surface area contributed by atoms with Crippen LogP contribution < -0.4 is 10.6 Å². The third kappa shape index (κ3) is 5.37. The van der Waals surface area contributed by atoms with E-state index in [0.717, 1.165) is 18.1 Å². The van der Waals surface area contributed by atoms with Gasteiger partial charge in [-0.1, -0.05) is 30.3 Å². The molecule has 0 aliphatic carbocycles. The van der Waals surface area contributed by atoms with Crippen LogP contribution in [0.25, 0.3) is 0 Å². The number of benzene rings is 1. The molecule has 15 heavy (non-hydrogen) atoms. The van der Waals surface area contributed by atoms with E-state index >= 15 is 0 Å². The fourth-order valence-electron chi connectivity index (χ4n) is 1.28. The lowest BCUT2D eigenvalue weighted by molar-refractivity contribution is 0.711. The first-order valence-electron chi connectivity index (χ1n) is 5.27. The van der Waals surface area contributed by atoms with Crippen LogP contribution in [-0.4, -0.2) is 17.7 Å². The van der Waals surface area contributed by atoms with Crippen molar-refractivity contribution in [2.24, 2.45) is 0 Å². The molecule has 0 saturated heterocycles. The second kappa shape index (κ2) is 6.40. The van der Waals surface area contributed by atoms with Crippen LogP contribution in [0.4, 0.5) is 0 Å². The summed E-state index contributed by atoms with van der Waals surface area (Å²) in [5.41, 5.74) is 1.33. The van der Waals surface area contributed by atoms with E-state index in [1.165, 1.54) is 5.56 Å². The van der Waals surface area contributed by atoms with Crippen molar-refractivity contribution >= 4 is 17.3 Å². The molecule has 2 N–H and O–H groups in total. The lowest BCUT2D eigenvalue weighted by Crippen LogP contribution is -2.39. The third-order valence-corrected chi connectivity index (χ3v) is 2.22. The second-order valence-electron chi connectivity index (χ2n) is 3.79. The molecule has 1 aromatic rings. The fourth-order valence-corrected chi connectivity index (χ4v) is 1.62. The fraction of sp³-hybridized carbons (Fsp3) is 0.417. The molecule has 0 atom stereocenters. The third-order valence-electron chi connectivity index (χ3n) is 1.96. The zero-order chi connectivity index (χ0) is 11.1. The van der Waals surface area contributed by atoms with Crippen LogP contribution in [-0.2, 0) is 6.42 Å². The van der Waals surface area contributed by atoms with E-state index in [4.69, 9.17) is 12.2 Å². The Labute approximate surface area is 97.1 Å². The topological polar surface area (TPSA) is 24.1 Å². The standard InChI is InChI=1S/C12H18N2S/c1-10(2)14-12(15)13-9-8-11-6-4-3-5-7-11/h3-7,10H,8-9H2,1-2H3,(H2,13,14,15). The van der Waals surface area contributed by atoms with Crippen LogP contribution in [0.3, 0.4) is 0 Å². The molecule has 1 rings (SSSR count). The molecular formula is C12H18N2S. The maximum Gasteiger partial charge on any atom is 0.166 e. The van der Waals surface area contributed by atoms with Gasteiger partial charge in [-0.25, -0.2) is 0 Å².